The summed E-state index contributed by atoms with van der Waals surface area (Å²) in [6, 6.07) is 11.1. The number of methoxy groups -OCH3 is 1. The number of hydrogen-bond acceptors (Lipinski definition) is 7. The lowest BCUT2D eigenvalue weighted by Crippen LogP contribution is -2.48. The van der Waals surface area contributed by atoms with Crippen molar-refractivity contribution in [1.29, 1.82) is 0 Å². The van der Waals surface area contributed by atoms with E-state index in [-0.39, 0.29) is 11.5 Å². The second-order valence-corrected chi connectivity index (χ2v) is 7.74. The van der Waals surface area contributed by atoms with Crippen LogP contribution in [0, 0.1) is 0 Å². The van der Waals surface area contributed by atoms with Gasteiger partial charge in [0.25, 0.3) is 11.5 Å². The van der Waals surface area contributed by atoms with Crippen LogP contribution < -0.4 is 10.5 Å². The number of aromatic nitrogens is 5. The van der Waals surface area contributed by atoms with Gasteiger partial charge in [0.15, 0.2) is 0 Å². The second kappa shape index (κ2) is 8.39. The normalized spacial score (nSPS) is 14.4. The van der Waals surface area contributed by atoms with Gasteiger partial charge in [0.2, 0.25) is 0 Å². The minimum Gasteiger partial charge on any atom is -0.383 e. The zero-order valence-electron chi connectivity index (χ0n) is 17.7. The summed E-state index contributed by atoms with van der Waals surface area (Å²) in [6.45, 7) is 3.56. The molecule has 0 spiro atoms. The Labute approximate surface area is 183 Å². The Morgan fingerprint density at radius 3 is 2.66 bits per heavy atom. The number of carbonyl (C=O) groups is 1. The molecule has 1 saturated heterocycles. The fraction of sp³-hybridized carbons (Fsp3) is 0.318. The highest BCUT2D eigenvalue weighted by Crippen LogP contribution is 2.21. The molecule has 164 valence electrons. The van der Waals surface area contributed by atoms with Crippen molar-refractivity contribution in [3.63, 3.8) is 0 Å². The van der Waals surface area contributed by atoms with Crippen molar-refractivity contribution >= 4 is 33.5 Å². The highest BCUT2D eigenvalue weighted by atomic mass is 16.5. The van der Waals surface area contributed by atoms with Crippen molar-refractivity contribution in [2.45, 2.75) is 6.54 Å². The van der Waals surface area contributed by atoms with E-state index in [9.17, 15) is 9.59 Å². The number of aromatic amines is 1. The first-order chi connectivity index (χ1) is 15.6. The molecule has 1 aliphatic rings. The van der Waals surface area contributed by atoms with Gasteiger partial charge in [-0.2, -0.15) is 15.4 Å². The minimum absolute atomic E-state index is 0.00802. The number of fused-ring (bicyclic) bond motifs is 2. The van der Waals surface area contributed by atoms with Crippen LogP contribution in [-0.2, 0) is 11.3 Å². The van der Waals surface area contributed by atoms with Gasteiger partial charge < -0.3 is 14.5 Å². The van der Waals surface area contributed by atoms with E-state index in [1.807, 2.05) is 23.1 Å². The predicted molar refractivity (Wildman–Crippen MR) is 120 cm³/mol. The van der Waals surface area contributed by atoms with Gasteiger partial charge in [-0.05, 0) is 36.4 Å². The van der Waals surface area contributed by atoms with E-state index in [2.05, 4.69) is 25.3 Å². The first-order valence-electron chi connectivity index (χ1n) is 10.5. The first-order valence-corrected chi connectivity index (χ1v) is 10.5. The third kappa shape index (κ3) is 3.69. The molecule has 0 radical (unpaired) electrons. The number of ether oxygens (including phenoxy) is 1. The Morgan fingerprint density at radius 2 is 1.84 bits per heavy atom. The van der Waals surface area contributed by atoms with Crippen LogP contribution in [0.4, 0.5) is 5.69 Å². The molecule has 1 N–H and O–H groups in total. The predicted octanol–water partition coefficient (Wildman–Crippen LogP) is 1.28. The topological polar surface area (TPSA) is 109 Å². The van der Waals surface area contributed by atoms with Gasteiger partial charge in [-0.15, -0.1) is 0 Å². The van der Waals surface area contributed by atoms with Crippen molar-refractivity contribution in [2.24, 2.45) is 0 Å². The average Bonchev–Trinajstić information content (AvgIpc) is 3.31. The summed E-state index contributed by atoms with van der Waals surface area (Å²) in [7, 11) is 1.61. The minimum atomic E-state index is -0.0712. The molecule has 0 saturated carbocycles. The van der Waals surface area contributed by atoms with E-state index in [0.29, 0.717) is 61.3 Å². The molecule has 4 aromatic rings. The summed E-state index contributed by atoms with van der Waals surface area (Å²) in [4.78, 5) is 34.1. The van der Waals surface area contributed by atoms with E-state index in [1.165, 1.54) is 0 Å². The SMILES string of the molecule is COCCn1cnc2cc(N3CCN(C(=O)c4ccc5n[nH]nc5c4)CC3)ccc2c1=O. The molecule has 0 unspecified atom stereocenters. The van der Waals surface area contributed by atoms with Crippen LogP contribution in [0.25, 0.3) is 21.9 Å². The summed E-state index contributed by atoms with van der Waals surface area (Å²) < 4.78 is 6.61. The van der Waals surface area contributed by atoms with Crippen LogP contribution in [0.2, 0.25) is 0 Å². The lowest BCUT2D eigenvalue weighted by Gasteiger charge is -2.36. The molecule has 32 heavy (non-hydrogen) atoms. The third-order valence-corrected chi connectivity index (χ3v) is 5.84. The van der Waals surface area contributed by atoms with E-state index in [1.54, 1.807) is 36.2 Å². The summed E-state index contributed by atoms with van der Waals surface area (Å²) in [5, 5.41) is 11.2. The Bertz CT molecular complexity index is 1340. The van der Waals surface area contributed by atoms with Gasteiger partial charge in [-0.25, -0.2) is 4.98 Å². The molecule has 1 fully saturated rings. The highest BCUT2D eigenvalue weighted by molar-refractivity contribution is 5.97. The van der Waals surface area contributed by atoms with Crippen LogP contribution in [0.1, 0.15) is 10.4 Å². The number of nitrogens with zero attached hydrogens (tertiary/aromatic N) is 6. The van der Waals surface area contributed by atoms with Crippen LogP contribution >= 0.6 is 0 Å². The quantitative estimate of drug-likeness (QED) is 0.505. The molecule has 10 nitrogen and oxygen atoms in total. The van der Waals surface area contributed by atoms with Crippen LogP contribution in [-0.4, -0.2) is 75.7 Å². The number of nitrogens with one attached hydrogen (secondary N) is 1. The molecular weight excluding hydrogens is 410 g/mol. The van der Waals surface area contributed by atoms with Crippen molar-refractivity contribution < 1.29 is 9.53 Å². The Morgan fingerprint density at radius 1 is 1.03 bits per heavy atom. The van der Waals surface area contributed by atoms with Crippen LogP contribution in [0.3, 0.4) is 0 Å². The van der Waals surface area contributed by atoms with Gasteiger partial charge in [-0.3, -0.25) is 14.2 Å². The van der Waals surface area contributed by atoms with E-state index < -0.39 is 0 Å². The van der Waals surface area contributed by atoms with Crippen molar-refractivity contribution in [1.82, 2.24) is 29.9 Å². The maximum absolute atomic E-state index is 12.9. The molecule has 3 heterocycles. The Balaban J connectivity index is 1.29. The average molecular weight is 433 g/mol. The summed E-state index contributed by atoms with van der Waals surface area (Å²) in [5.74, 6) is -0.00802. The number of rotatable bonds is 5. The number of piperazine rings is 1. The second-order valence-electron chi connectivity index (χ2n) is 7.74. The number of hydrogen-bond donors (Lipinski definition) is 1. The highest BCUT2D eigenvalue weighted by Gasteiger charge is 2.23. The number of carbonyl (C=O) groups excluding carboxylic acids is 1. The molecular formula is C22H23N7O3. The molecule has 0 bridgehead atoms. The molecule has 1 aliphatic heterocycles. The number of amides is 1. The fourth-order valence-electron chi connectivity index (χ4n) is 4.02. The molecule has 2 aromatic heterocycles. The third-order valence-electron chi connectivity index (χ3n) is 5.84. The number of benzene rings is 2. The Hall–Kier alpha value is -3.79. The monoisotopic (exact) mass is 433 g/mol. The lowest BCUT2D eigenvalue weighted by atomic mass is 10.1. The van der Waals surface area contributed by atoms with Gasteiger partial charge in [-0.1, -0.05) is 0 Å². The van der Waals surface area contributed by atoms with Crippen LogP contribution in [0.5, 0.6) is 0 Å². The van der Waals surface area contributed by atoms with E-state index in [0.717, 1.165) is 11.2 Å². The van der Waals surface area contributed by atoms with Gasteiger partial charge in [0.1, 0.15) is 11.0 Å². The molecule has 0 aliphatic carbocycles. The smallest absolute Gasteiger partial charge is 0.261 e. The van der Waals surface area contributed by atoms with Crippen LogP contribution in [0.15, 0.2) is 47.5 Å². The molecule has 0 atom stereocenters. The summed E-state index contributed by atoms with van der Waals surface area (Å²) >= 11 is 0. The summed E-state index contributed by atoms with van der Waals surface area (Å²) in [6.07, 6.45) is 1.57. The molecule has 2 aromatic carbocycles. The van der Waals surface area contributed by atoms with Gasteiger partial charge in [0, 0.05) is 44.5 Å². The lowest BCUT2D eigenvalue weighted by molar-refractivity contribution is 0.0747. The molecule has 10 heteroatoms. The maximum atomic E-state index is 12.9. The summed E-state index contributed by atoms with van der Waals surface area (Å²) in [5.41, 5.74) is 3.62. The van der Waals surface area contributed by atoms with Crippen molar-refractivity contribution in [2.75, 3.05) is 44.8 Å². The molecule has 1 amide bonds. The Kier molecular flexibility index (Phi) is 5.28. The number of H-pyrrole nitrogens is 1. The zero-order valence-corrected chi connectivity index (χ0v) is 17.7. The zero-order chi connectivity index (χ0) is 22.1. The van der Waals surface area contributed by atoms with E-state index in [4.69, 9.17) is 4.74 Å². The first kappa shape index (κ1) is 20.1. The molecule has 5 rings (SSSR count). The van der Waals surface area contributed by atoms with Gasteiger partial charge >= 0.3 is 0 Å². The fourth-order valence-corrected chi connectivity index (χ4v) is 4.02. The van der Waals surface area contributed by atoms with Crippen molar-refractivity contribution in [3.05, 3.63) is 58.6 Å². The van der Waals surface area contributed by atoms with Gasteiger partial charge in [0.05, 0.1) is 30.4 Å². The largest absolute Gasteiger partial charge is 0.383 e. The van der Waals surface area contributed by atoms with E-state index >= 15 is 0 Å². The van der Waals surface area contributed by atoms with Crippen molar-refractivity contribution in [3.8, 4) is 0 Å². The number of anilines is 1. The maximum Gasteiger partial charge on any atom is 0.261 e. The standard InChI is InChI=1S/C22H23N7O3/c1-32-11-10-29-14-23-19-13-16(3-4-17(19)22(29)31)27-6-8-28(9-7-27)21(30)15-2-5-18-20(12-15)25-26-24-18/h2-5,12-14H,6-11H2,1H3,(H,24,25,26).